The van der Waals surface area contributed by atoms with Gasteiger partial charge in [-0.3, -0.25) is 4.79 Å². The Hall–Kier alpha value is -2.14. The van der Waals surface area contributed by atoms with Crippen LogP contribution in [0.5, 0.6) is 0 Å². The number of aromatic nitrogens is 1. The highest BCUT2D eigenvalue weighted by atomic mass is 35.5. The van der Waals surface area contributed by atoms with E-state index in [-0.39, 0.29) is 11.7 Å². The standard InChI is InChI=1S/C15H15ClFN3O/c1-18-14-13(16)8-11(9-20-14)15(21)19-6-5-10-3-2-4-12(17)7-10/h2-4,7-9H,5-6H2,1H3,(H,18,20)(H,19,21). The Balaban J connectivity index is 1.91. The molecule has 1 amide bonds. The molecule has 0 spiro atoms. The first-order chi connectivity index (χ1) is 10.1. The van der Waals surface area contributed by atoms with E-state index in [1.807, 2.05) is 6.07 Å². The lowest BCUT2D eigenvalue weighted by molar-refractivity contribution is 0.0954. The largest absolute Gasteiger partial charge is 0.372 e. The zero-order valence-electron chi connectivity index (χ0n) is 11.5. The van der Waals surface area contributed by atoms with E-state index in [1.165, 1.54) is 18.3 Å². The summed E-state index contributed by atoms with van der Waals surface area (Å²) in [6.07, 6.45) is 2.01. The number of halogens is 2. The summed E-state index contributed by atoms with van der Waals surface area (Å²) in [5.74, 6) is -0.0195. The van der Waals surface area contributed by atoms with Crippen LogP contribution in [-0.4, -0.2) is 24.5 Å². The van der Waals surface area contributed by atoms with Gasteiger partial charge in [-0.05, 0) is 30.2 Å². The van der Waals surface area contributed by atoms with Crippen molar-refractivity contribution < 1.29 is 9.18 Å². The van der Waals surface area contributed by atoms with Gasteiger partial charge < -0.3 is 10.6 Å². The molecular formula is C15H15ClFN3O. The van der Waals surface area contributed by atoms with Crippen molar-refractivity contribution in [3.8, 4) is 0 Å². The van der Waals surface area contributed by atoms with Crippen molar-refractivity contribution >= 4 is 23.3 Å². The molecule has 0 unspecified atom stereocenters. The van der Waals surface area contributed by atoms with E-state index in [4.69, 9.17) is 11.6 Å². The predicted octanol–water partition coefficient (Wildman–Crippen LogP) is 2.89. The van der Waals surface area contributed by atoms with E-state index < -0.39 is 0 Å². The average Bonchev–Trinajstić information content (AvgIpc) is 2.47. The highest BCUT2D eigenvalue weighted by molar-refractivity contribution is 6.33. The molecule has 0 aliphatic rings. The lowest BCUT2D eigenvalue weighted by Crippen LogP contribution is -2.25. The maximum absolute atomic E-state index is 13.0. The number of nitrogens with zero attached hydrogens (tertiary/aromatic N) is 1. The first-order valence-corrected chi connectivity index (χ1v) is 6.84. The third-order valence-electron chi connectivity index (χ3n) is 2.93. The molecule has 0 aliphatic heterocycles. The smallest absolute Gasteiger partial charge is 0.252 e. The molecule has 2 aromatic rings. The van der Waals surface area contributed by atoms with Gasteiger partial charge in [-0.15, -0.1) is 0 Å². The molecule has 0 aliphatic carbocycles. The van der Waals surface area contributed by atoms with Crippen molar-refractivity contribution in [1.29, 1.82) is 0 Å². The highest BCUT2D eigenvalue weighted by Gasteiger charge is 2.09. The summed E-state index contributed by atoms with van der Waals surface area (Å²) in [6.45, 7) is 0.410. The fourth-order valence-electron chi connectivity index (χ4n) is 1.86. The van der Waals surface area contributed by atoms with Crippen molar-refractivity contribution in [3.05, 3.63) is 58.5 Å². The first-order valence-electron chi connectivity index (χ1n) is 6.46. The number of carbonyl (C=O) groups is 1. The topological polar surface area (TPSA) is 54.0 Å². The summed E-state index contributed by atoms with van der Waals surface area (Å²) >= 11 is 5.97. The Morgan fingerprint density at radius 1 is 1.38 bits per heavy atom. The van der Waals surface area contributed by atoms with Gasteiger partial charge in [0.05, 0.1) is 10.6 Å². The Bertz CT molecular complexity index is 649. The molecule has 0 saturated heterocycles. The molecule has 0 atom stereocenters. The van der Waals surface area contributed by atoms with Crippen LogP contribution < -0.4 is 10.6 Å². The number of carbonyl (C=O) groups excluding carboxylic acids is 1. The molecule has 1 aromatic carbocycles. The number of anilines is 1. The monoisotopic (exact) mass is 307 g/mol. The van der Waals surface area contributed by atoms with Crippen LogP contribution in [0.2, 0.25) is 5.02 Å². The van der Waals surface area contributed by atoms with Crippen molar-refractivity contribution in [1.82, 2.24) is 10.3 Å². The van der Waals surface area contributed by atoms with Crippen LogP contribution in [0.3, 0.4) is 0 Å². The van der Waals surface area contributed by atoms with Crippen LogP contribution in [0.4, 0.5) is 10.2 Å². The minimum Gasteiger partial charge on any atom is -0.372 e. The van der Waals surface area contributed by atoms with Gasteiger partial charge >= 0.3 is 0 Å². The SMILES string of the molecule is CNc1ncc(C(=O)NCCc2cccc(F)c2)cc1Cl. The molecule has 1 aromatic heterocycles. The molecule has 0 fully saturated rings. The van der Waals surface area contributed by atoms with E-state index in [2.05, 4.69) is 15.6 Å². The summed E-state index contributed by atoms with van der Waals surface area (Å²) in [4.78, 5) is 16.0. The number of hydrogen-bond donors (Lipinski definition) is 2. The number of hydrogen-bond acceptors (Lipinski definition) is 3. The molecule has 6 heteroatoms. The lowest BCUT2D eigenvalue weighted by Gasteiger charge is -2.07. The molecule has 110 valence electrons. The van der Waals surface area contributed by atoms with Gasteiger partial charge in [0, 0.05) is 19.8 Å². The normalized spacial score (nSPS) is 10.2. The molecule has 2 rings (SSSR count). The molecule has 0 bridgehead atoms. The average molecular weight is 308 g/mol. The van der Waals surface area contributed by atoms with E-state index >= 15 is 0 Å². The molecular weight excluding hydrogens is 293 g/mol. The third-order valence-corrected chi connectivity index (χ3v) is 3.22. The Labute approximate surface area is 127 Å². The quantitative estimate of drug-likeness (QED) is 0.893. The van der Waals surface area contributed by atoms with Gasteiger partial charge in [0.2, 0.25) is 0 Å². The van der Waals surface area contributed by atoms with Crippen LogP contribution in [0.25, 0.3) is 0 Å². The number of pyridine rings is 1. The summed E-state index contributed by atoms with van der Waals surface area (Å²) in [5.41, 5.74) is 1.22. The number of nitrogens with one attached hydrogen (secondary N) is 2. The minimum atomic E-state index is -0.280. The van der Waals surface area contributed by atoms with E-state index in [0.717, 1.165) is 5.56 Å². The van der Waals surface area contributed by atoms with Gasteiger partial charge in [-0.1, -0.05) is 23.7 Å². The van der Waals surface area contributed by atoms with Crippen molar-refractivity contribution in [2.75, 3.05) is 18.9 Å². The third kappa shape index (κ3) is 4.16. The molecule has 0 radical (unpaired) electrons. The maximum atomic E-state index is 13.0. The summed E-state index contributed by atoms with van der Waals surface area (Å²) in [7, 11) is 1.70. The van der Waals surface area contributed by atoms with Gasteiger partial charge in [-0.2, -0.15) is 0 Å². The van der Waals surface area contributed by atoms with Gasteiger partial charge in [-0.25, -0.2) is 9.37 Å². The van der Waals surface area contributed by atoms with Gasteiger partial charge in [0.1, 0.15) is 11.6 Å². The second-order valence-corrected chi connectivity index (χ2v) is 4.85. The second kappa shape index (κ2) is 7.04. The van der Waals surface area contributed by atoms with E-state index in [9.17, 15) is 9.18 Å². The zero-order valence-corrected chi connectivity index (χ0v) is 12.2. The van der Waals surface area contributed by atoms with Crippen molar-refractivity contribution in [2.24, 2.45) is 0 Å². The summed E-state index contributed by atoms with van der Waals surface area (Å²) in [6, 6.07) is 7.85. The van der Waals surface area contributed by atoms with Crippen LogP contribution in [0.15, 0.2) is 36.5 Å². The zero-order chi connectivity index (χ0) is 15.2. The Kier molecular flexibility index (Phi) is 5.11. The van der Waals surface area contributed by atoms with Gasteiger partial charge in [0.25, 0.3) is 5.91 Å². The van der Waals surface area contributed by atoms with E-state index in [1.54, 1.807) is 19.2 Å². The number of benzene rings is 1. The molecule has 4 nitrogen and oxygen atoms in total. The lowest BCUT2D eigenvalue weighted by atomic mass is 10.1. The molecule has 1 heterocycles. The maximum Gasteiger partial charge on any atom is 0.252 e. The highest BCUT2D eigenvalue weighted by Crippen LogP contribution is 2.19. The minimum absolute atomic E-state index is 0.261. The van der Waals surface area contributed by atoms with Crippen LogP contribution >= 0.6 is 11.6 Å². The fraction of sp³-hybridized carbons (Fsp3) is 0.200. The summed E-state index contributed by atoms with van der Waals surface area (Å²) in [5, 5.41) is 5.96. The van der Waals surface area contributed by atoms with Crippen LogP contribution in [0, 0.1) is 5.82 Å². The molecule has 2 N–H and O–H groups in total. The molecule has 21 heavy (non-hydrogen) atoms. The van der Waals surface area contributed by atoms with Crippen LogP contribution in [0.1, 0.15) is 15.9 Å². The Morgan fingerprint density at radius 2 is 2.19 bits per heavy atom. The number of amides is 1. The van der Waals surface area contributed by atoms with E-state index in [0.29, 0.717) is 29.4 Å². The number of rotatable bonds is 5. The molecule has 0 saturated carbocycles. The summed E-state index contributed by atoms with van der Waals surface area (Å²) < 4.78 is 13.0. The predicted molar refractivity (Wildman–Crippen MR) is 81.2 cm³/mol. The first kappa shape index (κ1) is 15.3. The fourth-order valence-corrected chi connectivity index (χ4v) is 2.12. The van der Waals surface area contributed by atoms with Crippen molar-refractivity contribution in [3.63, 3.8) is 0 Å². The van der Waals surface area contributed by atoms with Crippen molar-refractivity contribution in [2.45, 2.75) is 6.42 Å². The second-order valence-electron chi connectivity index (χ2n) is 4.44. The van der Waals surface area contributed by atoms with Gasteiger partial charge in [0.15, 0.2) is 0 Å². The van der Waals surface area contributed by atoms with Crippen LogP contribution in [-0.2, 0) is 6.42 Å². The Morgan fingerprint density at radius 3 is 2.86 bits per heavy atom.